The van der Waals surface area contributed by atoms with Crippen molar-refractivity contribution >= 4 is 49.4 Å². The van der Waals surface area contributed by atoms with E-state index in [-0.39, 0.29) is 5.41 Å². The fraction of sp³-hybridized carbons (Fsp3) is 0.0526. The Balaban J connectivity index is 1.12. The van der Waals surface area contributed by atoms with Crippen LogP contribution >= 0.6 is 0 Å². The minimum Gasteiger partial charge on any atom is -0.310 e. The van der Waals surface area contributed by atoms with Gasteiger partial charge in [-0.15, -0.1) is 0 Å². The number of benzene rings is 10. The van der Waals surface area contributed by atoms with Gasteiger partial charge in [0.25, 0.3) is 0 Å². The van der Waals surface area contributed by atoms with Crippen molar-refractivity contribution in [3.8, 4) is 44.5 Å². The summed E-state index contributed by atoms with van der Waals surface area (Å²) in [6, 6.07) is 78.3. The molecule has 0 heterocycles. The summed E-state index contributed by atoms with van der Waals surface area (Å²) in [5, 5.41) is 7.56. The molecule has 1 heteroatoms. The molecular formula is C57H41N. The van der Waals surface area contributed by atoms with Crippen LogP contribution in [0.1, 0.15) is 25.0 Å². The van der Waals surface area contributed by atoms with Gasteiger partial charge in [-0.2, -0.15) is 0 Å². The zero-order valence-electron chi connectivity index (χ0n) is 32.7. The molecule has 0 saturated heterocycles. The Bertz CT molecular complexity index is 3190. The van der Waals surface area contributed by atoms with Crippen LogP contribution in [0.25, 0.3) is 76.8 Å². The third-order valence-electron chi connectivity index (χ3n) is 12.4. The predicted molar refractivity (Wildman–Crippen MR) is 248 cm³/mol. The molecule has 0 saturated carbocycles. The molecular weight excluding hydrogens is 699 g/mol. The van der Waals surface area contributed by atoms with Crippen LogP contribution in [0.2, 0.25) is 0 Å². The Morgan fingerprint density at radius 1 is 0.328 bits per heavy atom. The van der Waals surface area contributed by atoms with Gasteiger partial charge in [-0.3, -0.25) is 0 Å². The van der Waals surface area contributed by atoms with Crippen molar-refractivity contribution in [1.29, 1.82) is 0 Å². The second kappa shape index (κ2) is 13.5. The van der Waals surface area contributed by atoms with E-state index < -0.39 is 0 Å². The molecule has 0 aliphatic heterocycles. The molecule has 1 nitrogen and oxygen atoms in total. The van der Waals surface area contributed by atoms with Gasteiger partial charge in [-0.1, -0.05) is 184 Å². The Hall–Kier alpha value is -7.22. The van der Waals surface area contributed by atoms with Crippen LogP contribution in [-0.4, -0.2) is 0 Å². The van der Waals surface area contributed by atoms with Gasteiger partial charge in [-0.25, -0.2) is 0 Å². The van der Waals surface area contributed by atoms with Gasteiger partial charge in [0.2, 0.25) is 0 Å². The summed E-state index contributed by atoms with van der Waals surface area (Å²) in [7, 11) is 0. The summed E-state index contributed by atoms with van der Waals surface area (Å²) in [5.41, 5.74) is 15.8. The Morgan fingerprint density at radius 2 is 0.948 bits per heavy atom. The monoisotopic (exact) mass is 739 g/mol. The first kappa shape index (κ1) is 34.1. The predicted octanol–water partition coefficient (Wildman–Crippen LogP) is 15.9. The zero-order chi connectivity index (χ0) is 38.8. The van der Waals surface area contributed by atoms with E-state index in [9.17, 15) is 0 Å². The van der Waals surface area contributed by atoms with Gasteiger partial charge < -0.3 is 4.90 Å². The lowest BCUT2D eigenvalue weighted by molar-refractivity contribution is 0.660. The quantitative estimate of drug-likeness (QED) is 0.154. The Kier molecular flexibility index (Phi) is 7.91. The molecule has 0 aromatic heterocycles. The molecule has 0 amide bonds. The highest BCUT2D eigenvalue weighted by Crippen LogP contribution is 2.52. The van der Waals surface area contributed by atoms with E-state index >= 15 is 0 Å². The summed E-state index contributed by atoms with van der Waals surface area (Å²) in [6.45, 7) is 4.73. The highest BCUT2D eigenvalue weighted by Gasteiger charge is 2.36. The van der Waals surface area contributed by atoms with Crippen molar-refractivity contribution in [2.24, 2.45) is 0 Å². The molecule has 274 valence electrons. The van der Waals surface area contributed by atoms with Crippen LogP contribution in [0.5, 0.6) is 0 Å². The van der Waals surface area contributed by atoms with Gasteiger partial charge in [0.1, 0.15) is 0 Å². The molecule has 10 aromatic carbocycles. The molecule has 0 radical (unpaired) electrons. The molecule has 0 atom stereocenters. The highest BCUT2D eigenvalue weighted by molar-refractivity contribution is 6.14. The van der Waals surface area contributed by atoms with E-state index in [2.05, 4.69) is 231 Å². The molecule has 1 aliphatic carbocycles. The number of fused-ring (bicyclic) bond motifs is 7. The summed E-state index contributed by atoms with van der Waals surface area (Å²) in [6.07, 6.45) is 0. The minimum atomic E-state index is -0.128. The lowest BCUT2D eigenvalue weighted by atomic mass is 9.82. The summed E-state index contributed by atoms with van der Waals surface area (Å²) < 4.78 is 0. The van der Waals surface area contributed by atoms with Crippen LogP contribution in [0.15, 0.2) is 212 Å². The number of hydrogen-bond acceptors (Lipinski definition) is 1. The van der Waals surface area contributed by atoms with Crippen LogP contribution in [0.4, 0.5) is 17.1 Å². The Morgan fingerprint density at radius 3 is 1.81 bits per heavy atom. The standard InChI is InChI=1S/C57H41N/c1-57(2)53-22-11-10-20-50(53)51-33-32-47(37-54(51)57)58(46-30-27-39(28-31-46)44-26-23-38-13-6-7-17-43(38)35-44)55-34-29-45(36-52(55)40-14-4-3-5-15-40)49-21-12-18-42-25-24-41-16-8-9-19-48(41)56(42)49/h3-37H,1-2H3. The van der Waals surface area contributed by atoms with E-state index in [1.165, 1.54) is 88.0 Å². The molecule has 0 N–H and O–H groups in total. The first-order valence-electron chi connectivity index (χ1n) is 20.3. The first-order chi connectivity index (χ1) is 28.5. The maximum Gasteiger partial charge on any atom is 0.0540 e. The van der Waals surface area contributed by atoms with Gasteiger partial charge in [0.05, 0.1) is 5.69 Å². The van der Waals surface area contributed by atoms with Crippen molar-refractivity contribution in [1.82, 2.24) is 0 Å². The van der Waals surface area contributed by atoms with Crippen LogP contribution in [0.3, 0.4) is 0 Å². The normalized spacial score (nSPS) is 12.8. The van der Waals surface area contributed by atoms with E-state index in [0.29, 0.717) is 0 Å². The third kappa shape index (κ3) is 5.54. The largest absolute Gasteiger partial charge is 0.310 e. The molecule has 11 rings (SSSR count). The SMILES string of the molecule is CC1(C)c2ccccc2-c2ccc(N(c3ccc(-c4ccc5ccccc5c4)cc3)c3ccc(-c4cccc5ccc6ccccc6c45)cc3-c3ccccc3)cc21. The Labute approximate surface area is 340 Å². The van der Waals surface area contributed by atoms with Crippen molar-refractivity contribution < 1.29 is 0 Å². The molecule has 10 aromatic rings. The minimum absolute atomic E-state index is 0.128. The fourth-order valence-electron chi connectivity index (χ4n) is 9.48. The molecule has 0 fully saturated rings. The lowest BCUT2D eigenvalue weighted by Crippen LogP contribution is -2.17. The van der Waals surface area contributed by atoms with E-state index in [4.69, 9.17) is 0 Å². The van der Waals surface area contributed by atoms with Crippen LogP contribution in [-0.2, 0) is 5.41 Å². The molecule has 0 unspecified atom stereocenters. The number of hydrogen-bond donors (Lipinski definition) is 0. The lowest BCUT2D eigenvalue weighted by Gasteiger charge is -2.30. The average molecular weight is 740 g/mol. The van der Waals surface area contributed by atoms with E-state index in [1.54, 1.807) is 0 Å². The van der Waals surface area contributed by atoms with Gasteiger partial charge >= 0.3 is 0 Å². The maximum atomic E-state index is 2.47. The summed E-state index contributed by atoms with van der Waals surface area (Å²) >= 11 is 0. The van der Waals surface area contributed by atoms with Crippen molar-refractivity contribution in [3.63, 3.8) is 0 Å². The van der Waals surface area contributed by atoms with E-state index in [1.807, 2.05) is 0 Å². The molecule has 58 heavy (non-hydrogen) atoms. The summed E-state index contributed by atoms with van der Waals surface area (Å²) in [4.78, 5) is 2.47. The summed E-state index contributed by atoms with van der Waals surface area (Å²) in [5.74, 6) is 0. The van der Waals surface area contributed by atoms with Gasteiger partial charge in [0, 0.05) is 22.4 Å². The fourth-order valence-corrected chi connectivity index (χ4v) is 9.48. The number of anilines is 3. The van der Waals surface area contributed by atoms with E-state index in [0.717, 1.165) is 17.1 Å². The average Bonchev–Trinajstić information content (AvgIpc) is 3.52. The third-order valence-corrected chi connectivity index (χ3v) is 12.4. The van der Waals surface area contributed by atoms with Crippen molar-refractivity contribution in [2.75, 3.05) is 4.90 Å². The smallest absolute Gasteiger partial charge is 0.0540 e. The van der Waals surface area contributed by atoms with Crippen LogP contribution < -0.4 is 4.90 Å². The first-order valence-corrected chi connectivity index (χ1v) is 20.3. The van der Waals surface area contributed by atoms with Crippen molar-refractivity contribution in [2.45, 2.75) is 19.3 Å². The number of rotatable bonds is 6. The molecule has 0 spiro atoms. The van der Waals surface area contributed by atoms with Gasteiger partial charge in [0.15, 0.2) is 0 Å². The topological polar surface area (TPSA) is 3.24 Å². The molecule has 1 aliphatic rings. The highest BCUT2D eigenvalue weighted by atomic mass is 15.1. The second-order valence-electron chi connectivity index (χ2n) is 16.1. The van der Waals surface area contributed by atoms with Crippen molar-refractivity contribution in [3.05, 3.63) is 223 Å². The molecule has 0 bridgehead atoms. The maximum absolute atomic E-state index is 2.47. The van der Waals surface area contributed by atoms with Gasteiger partial charge in [-0.05, 0) is 125 Å². The van der Waals surface area contributed by atoms with Crippen LogP contribution in [0, 0.1) is 0 Å². The second-order valence-corrected chi connectivity index (χ2v) is 16.1. The zero-order valence-corrected chi connectivity index (χ0v) is 32.7. The number of nitrogens with zero attached hydrogens (tertiary/aromatic N) is 1.